The van der Waals surface area contributed by atoms with Gasteiger partial charge < -0.3 is 19.2 Å². The summed E-state index contributed by atoms with van der Waals surface area (Å²) in [6.45, 7) is 2.75. The quantitative estimate of drug-likeness (QED) is 0.392. The normalized spacial score (nSPS) is 14.8. The predicted octanol–water partition coefficient (Wildman–Crippen LogP) is 3.96. The first-order valence-corrected chi connectivity index (χ1v) is 11.9. The van der Waals surface area contributed by atoms with E-state index in [2.05, 4.69) is 25.7 Å². The molecule has 1 unspecified atom stereocenters. The summed E-state index contributed by atoms with van der Waals surface area (Å²) in [5.74, 6) is 1.88. The largest absolute Gasteiger partial charge is 0.485 e. The van der Waals surface area contributed by atoms with E-state index in [4.69, 9.17) is 13.9 Å². The van der Waals surface area contributed by atoms with Crippen LogP contribution >= 0.6 is 23.1 Å². The van der Waals surface area contributed by atoms with E-state index < -0.39 is 6.10 Å². The number of carbonyl (C=O) groups is 1. The van der Waals surface area contributed by atoms with Gasteiger partial charge in [0.1, 0.15) is 11.6 Å². The van der Waals surface area contributed by atoms with Crippen molar-refractivity contribution >= 4 is 29.0 Å². The highest BCUT2D eigenvalue weighted by atomic mass is 32.2. The number of ether oxygens (including phenoxy) is 2. The number of thioether (sulfide) groups is 1. The van der Waals surface area contributed by atoms with Gasteiger partial charge in [-0.2, -0.15) is 0 Å². The van der Waals surface area contributed by atoms with Crippen molar-refractivity contribution in [3.8, 4) is 11.5 Å². The SMILES string of the molecule is Cc1ccc(CNC(=O)c2nnc(CSc3nnc(C4COc5ccccc5O4)o3)s2)cc1. The van der Waals surface area contributed by atoms with Crippen molar-refractivity contribution in [3.05, 3.63) is 75.6 Å². The molecule has 1 aliphatic rings. The second-order valence-electron chi connectivity index (χ2n) is 7.23. The van der Waals surface area contributed by atoms with Gasteiger partial charge in [-0.3, -0.25) is 4.79 Å². The number of rotatable bonds is 7. The lowest BCUT2D eigenvalue weighted by Crippen LogP contribution is -2.22. The van der Waals surface area contributed by atoms with Crippen LogP contribution in [-0.4, -0.2) is 32.9 Å². The molecule has 1 aliphatic heterocycles. The van der Waals surface area contributed by atoms with Crippen molar-refractivity contribution in [1.29, 1.82) is 0 Å². The monoisotopic (exact) mass is 481 g/mol. The van der Waals surface area contributed by atoms with E-state index in [0.717, 1.165) is 5.56 Å². The summed E-state index contributed by atoms with van der Waals surface area (Å²) in [5.41, 5.74) is 2.20. The lowest BCUT2D eigenvalue weighted by Gasteiger charge is -2.23. The molecule has 5 rings (SSSR count). The van der Waals surface area contributed by atoms with Gasteiger partial charge in [0.2, 0.25) is 11.1 Å². The molecule has 0 fully saturated rings. The Morgan fingerprint density at radius 2 is 1.91 bits per heavy atom. The Morgan fingerprint density at radius 3 is 2.76 bits per heavy atom. The molecule has 3 heterocycles. The van der Waals surface area contributed by atoms with Crippen LogP contribution in [0, 0.1) is 6.92 Å². The van der Waals surface area contributed by atoms with E-state index in [0.29, 0.717) is 51.5 Å². The van der Waals surface area contributed by atoms with Crippen LogP contribution in [0.25, 0.3) is 0 Å². The second-order valence-corrected chi connectivity index (χ2v) is 9.22. The number of nitrogens with one attached hydrogen (secondary N) is 1. The zero-order chi connectivity index (χ0) is 22.6. The molecule has 2 aromatic carbocycles. The average molecular weight is 482 g/mol. The molecule has 4 aromatic rings. The maximum absolute atomic E-state index is 12.4. The number of hydrogen-bond donors (Lipinski definition) is 1. The molecule has 2 aromatic heterocycles. The minimum atomic E-state index is -0.466. The first kappa shape index (κ1) is 21.4. The standard InChI is InChI=1S/C22H19N5O4S2/c1-13-6-8-14(9-7-13)10-23-19(28)21-26-24-18(33-21)12-32-22-27-25-20(31-22)17-11-29-15-4-2-3-5-16(15)30-17/h2-9,17H,10-12H2,1H3,(H,23,28). The summed E-state index contributed by atoms with van der Waals surface area (Å²) >= 11 is 2.56. The third kappa shape index (κ3) is 5.15. The number of para-hydroxylation sites is 2. The molecule has 1 atom stereocenters. The number of aryl methyl sites for hydroxylation is 1. The number of aromatic nitrogens is 4. The van der Waals surface area contributed by atoms with Crippen LogP contribution < -0.4 is 14.8 Å². The van der Waals surface area contributed by atoms with Gasteiger partial charge in [-0.05, 0) is 24.6 Å². The summed E-state index contributed by atoms with van der Waals surface area (Å²) in [4.78, 5) is 12.4. The molecule has 0 saturated carbocycles. The molecule has 33 heavy (non-hydrogen) atoms. The minimum Gasteiger partial charge on any atom is -0.485 e. The topological polar surface area (TPSA) is 112 Å². The van der Waals surface area contributed by atoms with E-state index in [-0.39, 0.29) is 5.91 Å². The van der Waals surface area contributed by atoms with Gasteiger partial charge in [0, 0.05) is 6.54 Å². The molecule has 9 nitrogen and oxygen atoms in total. The summed E-state index contributed by atoms with van der Waals surface area (Å²) in [6.07, 6.45) is -0.466. The van der Waals surface area contributed by atoms with Crippen LogP contribution in [0.5, 0.6) is 11.5 Å². The first-order valence-electron chi connectivity index (χ1n) is 10.1. The molecule has 1 N–H and O–H groups in total. The average Bonchev–Trinajstić information content (AvgIpc) is 3.52. The van der Waals surface area contributed by atoms with E-state index in [9.17, 15) is 4.79 Å². The molecule has 0 spiro atoms. The zero-order valence-corrected chi connectivity index (χ0v) is 19.2. The molecular weight excluding hydrogens is 462 g/mol. The Balaban J connectivity index is 1.13. The van der Waals surface area contributed by atoms with Gasteiger partial charge >= 0.3 is 0 Å². The van der Waals surface area contributed by atoms with Gasteiger partial charge in [0.05, 0.1) is 5.75 Å². The van der Waals surface area contributed by atoms with Crippen LogP contribution in [0.15, 0.2) is 58.2 Å². The first-order chi connectivity index (χ1) is 16.1. The fraction of sp³-hybridized carbons (Fsp3) is 0.227. The molecule has 0 aliphatic carbocycles. The Hall–Kier alpha value is -3.44. The fourth-order valence-corrected chi connectivity index (χ4v) is 4.55. The summed E-state index contributed by atoms with van der Waals surface area (Å²) in [6, 6.07) is 15.4. The van der Waals surface area contributed by atoms with Crippen LogP contribution in [-0.2, 0) is 12.3 Å². The van der Waals surface area contributed by atoms with Crippen LogP contribution in [0.1, 0.15) is 37.9 Å². The van der Waals surface area contributed by atoms with Crippen molar-refractivity contribution < 1.29 is 18.7 Å². The van der Waals surface area contributed by atoms with Gasteiger partial charge in [0.25, 0.3) is 17.0 Å². The molecule has 1 amide bonds. The highest BCUT2D eigenvalue weighted by Crippen LogP contribution is 2.36. The third-order valence-electron chi connectivity index (χ3n) is 4.76. The number of nitrogens with zero attached hydrogens (tertiary/aromatic N) is 4. The molecule has 11 heteroatoms. The molecular formula is C22H19N5O4S2. The summed E-state index contributed by atoms with van der Waals surface area (Å²) in [5, 5.41) is 20.5. The van der Waals surface area contributed by atoms with E-state index in [1.807, 2.05) is 55.5 Å². The summed E-state index contributed by atoms with van der Waals surface area (Å²) < 4.78 is 17.3. The van der Waals surface area contributed by atoms with Crippen molar-refractivity contribution in [2.45, 2.75) is 30.5 Å². The van der Waals surface area contributed by atoms with Gasteiger partial charge in [0.15, 0.2) is 11.5 Å². The predicted molar refractivity (Wildman–Crippen MR) is 121 cm³/mol. The number of amides is 1. The molecule has 0 radical (unpaired) electrons. The highest BCUT2D eigenvalue weighted by Gasteiger charge is 2.27. The van der Waals surface area contributed by atoms with Crippen molar-refractivity contribution in [3.63, 3.8) is 0 Å². The fourth-order valence-electron chi connectivity index (χ4n) is 3.04. The molecule has 0 bridgehead atoms. The Bertz CT molecular complexity index is 1260. The second kappa shape index (κ2) is 9.59. The Labute approximate surface area is 197 Å². The van der Waals surface area contributed by atoms with Crippen LogP contribution in [0.2, 0.25) is 0 Å². The maximum Gasteiger partial charge on any atom is 0.282 e. The van der Waals surface area contributed by atoms with Crippen LogP contribution in [0.4, 0.5) is 0 Å². The minimum absolute atomic E-state index is 0.251. The van der Waals surface area contributed by atoms with Gasteiger partial charge in [-0.15, -0.1) is 20.4 Å². The smallest absolute Gasteiger partial charge is 0.282 e. The third-order valence-corrected chi connectivity index (χ3v) is 6.69. The van der Waals surface area contributed by atoms with Crippen molar-refractivity contribution in [1.82, 2.24) is 25.7 Å². The number of carbonyl (C=O) groups excluding carboxylic acids is 1. The van der Waals surface area contributed by atoms with Crippen molar-refractivity contribution in [2.24, 2.45) is 0 Å². The lowest BCUT2D eigenvalue weighted by molar-refractivity contribution is 0.0686. The number of benzene rings is 2. The zero-order valence-electron chi connectivity index (χ0n) is 17.6. The molecule has 0 saturated heterocycles. The van der Waals surface area contributed by atoms with E-state index >= 15 is 0 Å². The van der Waals surface area contributed by atoms with Gasteiger partial charge in [-0.1, -0.05) is 65.1 Å². The lowest BCUT2D eigenvalue weighted by atomic mass is 10.1. The van der Waals surface area contributed by atoms with Crippen LogP contribution in [0.3, 0.4) is 0 Å². The Kier molecular flexibility index (Phi) is 6.22. The van der Waals surface area contributed by atoms with E-state index in [1.54, 1.807) is 0 Å². The highest BCUT2D eigenvalue weighted by molar-refractivity contribution is 7.98. The summed E-state index contributed by atoms with van der Waals surface area (Å²) in [7, 11) is 0. The van der Waals surface area contributed by atoms with Crippen molar-refractivity contribution in [2.75, 3.05) is 6.61 Å². The maximum atomic E-state index is 12.4. The molecule has 168 valence electrons. The van der Waals surface area contributed by atoms with Gasteiger partial charge in [-0.25, -0.2) is 0 Å². The van der Waals surface area contributed by atoms with E-state index in [1.165, 1.54) is 28.7 Å². The Morgan fingerprint density at radius 1 is 1.09 bits per heavy atom. The number of hydrogen-bond acceptors (Lipinski definition) is 10. The number of fused-ring (bicyclic) bond motifs is 1.